The number of rotatable bonds is 2. The summed E-state index contributed by atoms with van der Waals surface area (Å²) >= 11 is 0. The second kappa shape index (κ2) is 7.80. The molecule has 3 aromatic rings. The lowest BCUT2D eigenvalue weighted by Gasteiger charge is -2.28. The number of amides is 1. The number of benzene rings is 2. The summed E-state index contributed by atoms with van der Waals surface area (Å²) in [5.74, 6) is -1.35. The van der Waals surface area contributed by atoms with E-state index in [-0.39, 0.29) is 58.6 Å². The molecular weight excluding hydrogens is 436 g/mol. The molecule has 2 aliphatic heterocycles. The highest BCUT2D eigenvalue weighted by atomic mass is 35.5. The number of H-pyrrole nitrogens is 1. The Balaban J connectivity index is 0.00000231. The summed E-state index contributed by atoms with van der Waals surface area (Å²) in [6.45, 7) is 2.01. The first kappa shape index (κ1) is 21.6. The monoisotopic (exact) mass is 454 g/mol. The zero-order valence-electron chi connectivity index (χ0n) is 16.1. The average Bonchev–Trinajstić information content (AvgIpc) is 3.39. The van der Waals surface area contributed by atoms with Crippen LogP contribution in [0, 0.1) is 17.7 Å². The van der Waals surface area contributed by atoms with E-state index in [0.29, 0.717) is 6.54 Å². The molecule has 3 heterocycles. The fourth-order valence-corrected chi connectivity index (χ4v) is 4.69. The number of carbonyl (C=O) groups is 1. The molecule has 5 nitrogen and oxygen atoms in total. The largest absolute Gasteiger partial charge is 0.449 e. The highest BCUT2D eigenvalue weighted by molar-refractivity contribution is 5.97. The van der Waals surface area contributed by atoms with Gasteiger partial charge in [0.2, 0.25) is 5.82 Å². The molecule has 3 atom stereocenters. The molecule has 2 aliphatic rings. The predicted octanol–water partition coefficient (Wildman–Crippen LogP) is 4.18. The third-order valence-electron chi connectivity index (χ3n) is 6.01. The van der Waals surface area contributed by atoms with Crippen LogP contribution in [0.3, 0.4) is 0 Å². The number of aromatic amines is 1. The smallest absolute Gasteiger partial charge is 0.334 e. The number of likely N-dealkylation sites (tertiary alicyclic amines) is 1. The molecule has 0 bridgehead atoms. The van der Waals surface area contributed by atoms with Gasteiger partial charge in [0.05, 0.1) is 17.1 Å². The number of aromatic nitrogens is 2. The third kappa shape index (κ3) is 3.76. The molecule has 2 aromatic carbocycles. The summed E-state index contributed by atoms with van der Waals surface area (Å²) in [4.78, 5) is 20.9. The van der Waals surface area contributed by atoms with Crippen molar-refractivity contribution in [3.05, 3.63) is 65.2 Å². The molecule has 5 rings (SSSR count). The van der Waals surface area contributed by atoms with Gasteiger partial charge >= 0.3 is 6.18 Å². The van der Waals surface area contributed by atoms with Gasteiger partial charge in [0.25, 0.3) is 5.91 Å². The van der Waals surface area contributed by atoms with E-state index in [4.69, 9.17) is 0 Å². The molecule has 0 unspecified atom stereocenters. The minimum atomic E-state index is -4.59. The fourth-order valence-electron chi connectivity index (χ4n) is 4.69. The zero-order valence-corrected chi connectivity index (χ0v) is 16.9. The standard InChI is InChI=1S/C21H18F4N4O.ClH/c22-14-3-1-2-11(6-14)18-15-9-26-8-13(15)10-29(18)19(30)12-4-5-16-17(7-12)28-20(27-16)21(23,24)25;/h1-7,13,15,18,26H,8-10H2,(H,27,28);1H/t13-,15-,18+;/m0./s1. The van der Waals surface area contributed by atoms with E-state index in [2.05, 4.69) is 15.3 Å². The Bertz CT molecular complexity index is 1130. The molecule has 2 saturated heterocycles. The van der Waals surface area contributed by atoms with Crippen molar-refractivity contribution in [1.82, 2.24) is 20.2 Å². The van der Waals surface area contributed by atoms with Gasteiger partial charge in [-0.15, -0.1) is 12.4 Å². The Hall–Kier alpha value is -2.65. The van der Waals surface area contributed by atoms with Crippen molar-refractivity contribution in [2.45, 2.75) is 12.2 Å². The Morgan fingerprint density at radius 1 is 1.13 bits per heavy atom. The topological polar surface area (TPSA) is 61.0 Å². The van der Waals surface area contributed by atoms with Gasteiger partial charge in [-0.3, -0.25) is 4.79 Å². The predicted molar refractivity (Wildman–Crippen MR) is 108 cm³/mol. The van der Waals surface area contributed by atoms with E-state index in [0.717, 1.165) is 18.7 Å². The van der Waals surface area contributed by atoms with Gasteiger partial charge in [-0.25, -0.2) is 9.37 Å². The fraction of sp³-hybridized carbons (Fsp3) is 0.333. The molecule has 2 N–H and O–H groups in total. The van der Waals surface area contributed by atoms with Crippen LogP contribution in [0.1, 0.15) is 27.8 Å². The third-order valence-corrected chi connectivity index (χ3v) is 6.01. The second-order valence-corrected chi connectivity index (χ2v) is 7.85. The summed E-state index contributed by atoms with van der Waals surface area (Å²) in [7, 11) is 0. The maximum Gasteiger partial charge on any atom is 0.449 e. The number of imidazole rings is 1. The first-order valence-electron chi connectivity index (χ1n) is 9.65. The first-order valence-corrected chi connectivity index (χ1v) is 9.65. The number of nitrogens with one attached hydrogen (secondary N) is 2. The maximum absolute atomic E-state index is 13.9. The maximum atomic E-state index is 13.9. The SMILES string of the molecule is Cl.O=C(c1ccc2nc(C(F)(F)F)[nH]c2c1)N1C[C@@H]2CNC[C@@H]2[C@H]1c1cccc(F)c1. The lowest BCUT2D eigenvalue weighted by Crippen LogP contribution is -2.34. The quantitative estimate of drug-likeness (QED) is 0.571. The summed E-state index contributed by atoms with van der Waals surface area (Å²) in [6, 6.07) is 10.2. The zero-order chi connectivity index (χ0) is 21.0. The van der Waals surface area contributed by atoms with E-state index >= 15 is 0 Å². The van der Waals surface area contributed by atoms with Gasteiger partial charge in [-0.2, -0.15) is 13.2 Å². The number of hydrogen-bond acceptors (Lipinski definition) is 3. The average molecular weight is 455 g/mol. The van der Waals surface area contributed by atoms with Crippen LogP contribution in [0.2, 0.25) is 0 Å². The van der Waals surface area contributed by atoms with Crippen molar-refractivity contribution in [1.29, 1.82) is 0 Å². The first-order chi connectivity index (χ1) is 14.3. The van der Waals surface area contributed by atoms with Gasteiger partial charge in [0.15, 0.2) is 0 Å². The van der Waals surface area contributed by atoms with Gasteiger partial charge in [0.1, 0.15) is 5.82 Å². The minimum Gasteiger partial charge on any atom is -0.334 e. The molecule has 2 fully saturated rings. The molecule has 0 saturated carbocycles. The Morgan fingerprint density at radius 2 is 1.94 bits per heavy atom. The van der Waals surface area contributed by atoms with E-state index < -0.39 is 12.0 Å². The molecule has 1 aromatic heterocycles. The second-order valence-electron chi connectivity index (χ2n) is 7.85. The van der Waals surface area contributed by atoms with Gasteiger partial charge in [-0.05, 0) is 41.8 Å². The van der Waals surface area contributed by atoms with Crippen LogP contribution in [-0.4, -0.2) is 40.4 Å². The van der Waals surface area contributed by atoms with Crippen molar-refractivity contribution in [2.24, 2.45) is 11.8 Å². The lowest BCUT2D eigenvalue weighted by atomic mass is 9.89. The summed E-state index contributed by atoms with van der Waals surface area (Å²) in [5, 5.41) is 3.33. The van der Waals surface area contributed by atoms with Crippen molar-refractivity contribution in [2.75, 3.05) is 19.6 Å². The van der Waals surface area contributed by atoms with Gasteiger partial charge in [0, 0.05) is 31.1 Å². The number of fused-ring (bicyclic) bond motifs is 2. The van der Waals surface area contributed by atoms with Gasteiger partial charge < -0.3 is 15.2 Å². The number of halogens is 5. The normalized spacial score (nSPS) is 23.1. The lowest BCUT2D eigenvalue weighted by molar-refractivity contribution is -0.144. The minimum absolute atomic E-state index is 0. The van der Waals surface area contributed by atoms with E-state index in [1.807, 2.05) is 6.07 Å². The molecule has 31 heavy (non-hydrogen) atoms. The van der Waals surface area contributed by atoms with Gasteiger partial charge in [-0.1, -0.05) is 12.1 Å². The number of hydrogen-bond donors (Lipinski definition) is 2. The highest BCUT2D eigenvalue weighted by Crippen LogP contribution is 2.43. The van der Waals surface area contributed by atoms with Crippen LogP contribution in [0.4, 0.5) is 17.6 Å². The summed E-state index contributed by atoms with van der Waals surface area (Å²) in [6.07, 6.45) is -4.59. The number of alkyl halides is 3. The molecule has 0 spiro atoms. The molecule has 164 valence electrons. The Labute approximate surface area is 181 Å². The molecule has 1 amide bonds. The van der Waals surface area contributed by atoms with Crippen molar-refractivity contribution in [3.63, 3.8) is 0 Å². The molecular formula is C21H19ClF4N4O. The summed E-state index contributed by atoms with van der Waals surface area (Å²) in [5.41, 5.74) is 1.29. The molecule has 0 aliphatic carbocycles. The van der Waals surface area contributed by atoms with Crippen LogP contribution in [0.5, 0.6) is 0 Å². The van der Waals surface area contributed by atoms with Crippen molar-refractivity contribution >= 4 is 29.3 Å². The van der Waals surface area contributed by atoms with Crippen molar-refractivity contribution in [3.8, 4) is 0 Å². The highest BCUT2D eigenvalue weighted by Gasteiger charge is 2.47. The molecule has 10 heteroatoms. The van der Waals surface area contributed by atoms with Crippen LogP contribution in [0.15, 0.2) is 42.5 Å². The van der Waals surface area contributed by atoms with Crippen LogP contribution in [-0.2, 0) is 6.18 Å². The van der Waals surface area contributed by atoms with E-state index in [1.54, 1.807) is 11.0 Å². The molecule has 0 radical (unpaired) electrons. The van der Waals surface area contributed by atoms with E-state index in [1.165, 1.54) is 30.3 Å². The summed E-state index contributed by atoms with van der Waals surface area (Å²) < 4.78 is 52.7. The van der Waals surface area contributed by atoms with Crippen LogP contribution >= 0.6 is 12.4 Å². The Morgan fingerprint density at radius 3 is 2.68 bits per heavy atom. The number of nitrogens with zero attached hydrogens (tertiary/aromatic N) is 2. The number of carbonyl (C=O) groups excluding carboxylic acids is 1. The van der Waals surface area contributed by atoms with E-state index in [9.17, 15) is 22.4 Å². The van der Waals surface area contributed by atoms with Crippen LogP contribution in [0.25, 0.3) is 11.0 Å². The Kier molecular flexibility index (Phi) is 5.43. The van der Waals surface area contributed by atoms with Crippen molar-refractivity contribution < 1.29 is 22.4 Å². The van der Waals surface area contributed by atoms with Crippen LogP contribution < -0.4 is 5.32 Å².